The van der Waals surface area contributed by atoms with Gasteiger partial charge in [0.2, 0.25) is 0 Å². The molecule has 1 N–H and O–H groups in total. The molecule has 1 aromatic carbocycles. The number of aliphatic hydroxyl groups is 1. The maximum atomic E-state index is 11.2. The van der Waals surface area contributed by atoms with E-state index in [4.69, 9.17) is 0 Å². The molecule has 0 saturated heterocycles. The molecule has 0 spiro atoms. The van der Waals surface area contributed by atoms with Gasteiger partial charge in [0.15, 0.2) is 0 Å². The summed E-state index contributed by atoms with van der Waals surface area (Å²) in [7, 11) is 0. The van der Waals surface area contributed by atoms with Crippen LogP contribution in [0.3, 0.4) is 0 Å². The van der Waals surface area contributed by atoms with E-state index >= 15 is 0 Å². The molecule has 0 saturated carbocycles. The lowest BCUT2D eigenvalue weighted by molar-refractivity contribution is -0.111. The number of carbonyl (C=O) groups is 1. The Morgan fingerprint density at radius 3 is 1.94 bits per heavy atom. The van der Waals surface area contributed by atoms with Crippen LogP contribution in [-0.2, 0) is 15.6 Å². The van der Waals surface area contributed by atoms with Crippen molar-refractivity contribution in [2.24, 2.45) is 0 Å². The zero-order valence-corrected chi connectivity index (χ0v) is 12.2. The van der Waals surface area contributed by atoms with Crippen LogP contribution in [0.15, 0.2) is 18.2 Å². The maximum Gasteiger partial charge on any atom is 0.129 e. The van der Waals surface area contributed by atoms with Crippen LogP contribution in [0.1, 0.15) is 64.3 Å². The molecule has 2 heteroatoms. The quantitative estimate of drug-likeness (QED) is 0.831. The summed E-state index contributed by atoms with van der Waals surface area (Å²) in [6.45, 7) is 11.9. The largest absolute Gasteiger partial charge is 0.389 e. The molecule has 0 amide bonds. The average molecular weight is 248 g/mol. The highest BCUT2D eigenvalue weighted by molar-refractivity contribution is 5.67. The van der Waals surface area contributed by atoms with Crippen molar-refractivity contribution in [1.29, 1.82) is 0 Å². The molecule has 2 nitrogen and oxygen atoms in total. The molecule has 0 fully saturated rings. The van der Waals surface area contributed by atoms with Crippen LogP contribution in [0, 0.1) is 0 Å². The normalized spacial score (nSPS) is 14.4. The van der Waals surface area contributed by atoms with E-state index in [0.29, 0.717) is 0 Å². The number of aldehydes is 1. The van der Waals surface area contributed by atoms with Crippen molar-refractivity contribution in [3.8, 4) is 0 Å². The zero-order valence-electron chi connectivity index (χ0n) is 12.2. The van der Waals surface area contributed by atoms with Crippen molar-refractivity contribution in [2.45, 2.75) is 58.5 Å². The van der Waals surface area contributed by atoms with Crippen LogP contribution in [0.4, 0.5) is 0 Å². The van der Waals surface area contributed by atoms with E-state index in [9.17, 15) is 9.90 Å². The van der Waals surface area contributed by atoms with E-state index in [1.807, 2.05) is 26.0 Å². The number of benzene rings is 1. The second kappa shape index (κ2) is 4.85. The van der Waals surface area contributed by atoms with E-state index in [2.05, 4.69) is 26.8 Å². The Morgan fingerprint density at radius 2 is 1.56 bits per heavy atom. The van der Waals surface area contributed by atoms with Crippen molar-refractivity contribution in [2.75, 3.05) is 0 Å². The Hall–Kier alpha value is -1.15. The van der Waals surface area contributed by atoms with Gasteiger partial charge in [-0.1, -0.05) is 39.0 Å². The van der Waals surface area contributed by atoms with E-state index in [1.54, 1.807) is 6.92 Å². The molecular formula is C16H24O2. The van der Waals surface area contributed by atoms with Crippen LogP contribution in [0.2, 0.25) is 0 Å². The van der Waals surface area contributed by atoms with Crippen molar-refractivity contribution < 1.29 is 9.90 Å². The first-order valence-electron chi connectivity index (χ1n) is 6.38. The van der Waals surface area contributed by atoms with Crippen LogP contribution < -0.4 is 0 Å². The van der Waals surface area contributed by atoms with Gasteiger partial charge < -0.3 is 9.90 Å². The maximum absolute atomic E-state index is 11.2. The first-order valence-corrected chi connectivity index (χ1v) is 6.38. The monoisotopic (exact) mass is 248 g/mol. The molecule has 0 bridgehead atoms. The number of carbonyl (C=O) groups excluding carboxylic acids is 1. The highest BCUT2D eigenvalue weighted by Crippen LogP contribution is 2.31. The third-order valence-corrected chi connectivity index (χ3v) is 3.34. The van der Waals surface area contributed by atoms with Gasteiger partial charge in [0.05, 0.1) is 6.10 Å². The molecule has 18 heavy (non-hydrogen) atoms. The van der Waals surface area contributed by atoms with Gasteiger partial charge in [0, 0.05) is 5.41 Å². The molecule has 1 rings (SSSR count). The minimum absolute atomic E-state index is 0.00137. The molecule has 0 aliphatic heterocycles. The fraction of sp³-hybridized carbons (Fsp3) is 0.562. The average Bonchev–Trinajstić information content (AvgIpc) is 2.27. The Kier molecular flexibility index (Phi) is 4.02. The SMILES string of the molecule is CC(O)c1cc(C(C)(C)C)cc(C(C)(C)C=O)c1. The van der Waals surface area contributed by atoms with Gasteiger partial charge in [-0.05, 0) is 42.9 Å². The van der Waals surface area contributed by atoms with Gasteiger partial charge in [-0.25, -0.2) is 0 Å². The number of rotatable bonds is 3. The van der Waals surface area contributed by atoms with Crippen molar-refractivity contribution in [1.82, 2.24) is 0 Å². The fourth-order valence-electron chi connectivity index (χ4n) is 1.77. The van der Waals surface area contributed by atoms with Crippen molar-refractivity contribution in [3.05, 3.63) is 34.9 Å². The molecule has 0 heterocycles. The van der Waals surface area contributed by atoms with Crippen LogP contribution in [-0.4, -0.2) is 11.4 Å². The lowest BCUT2D eigenvalue weighted by atomic mass is 9.79. The van der Waals surface area contributed by atoms with Crippen LogP contribution in [0.25, 0.3) is 0 Å². The fourth-order valence-corrected chi connectivity index (χ4v) is 1.77. The molecular weight excluding hydrogens is 224 g/mol. The Bertz CT molecular complexity index is 437. The minimum Gasteiger partial charge on any atom is -0.389 e. The number of hydrogen-bond acceptors (Lipinski definition) is 2. The molecule has 1 unspecified atom stereocenters. The Balaban J connectivity index is 3.45. The molecule has 100 valence electrons. The Labute approximate surface area is 110 Å². The summed E-state index contributed by atoms with van der Waals surface area (Å²) in [5, 5.41) is 9.79. The molecule has 1 aromatic rings. The van der Waals surface area contributed by atoms with Gasteiger partial charge in [0.1, 0.15) is 6.29 Å². The van der Waals surface area contributed by atoms with Crippen molar-refractivity contribution in [3.63, 3.8) is 0 Å². The molecule has 0 aromatic heterocycles. The van der Waals surface area contributed by atoms with Gasteiger partial charge in [-0.3, -0.25) is 0 Å². The van der Waals surface area contributed by atoms with E-state index in [1.165, 1.54) is 0 Å². The number of aliphatic hydroxyl groups excluding tert-OH is 1. The van der Waals surface area contributed by atoms with E-state index in [0.717, 1.165) is 23.0 Å². The van der Waals surface area contributed by atoms with Crippen molar-refractivity contribution >= 4 is 6.29 Å². The highest BCUT2D eigenvalue weighted by Gasteiger charge is 2.24. The standard InChI is InChI=1S/C16H24O2/c1-11(18)12-7-13(15(2,3)4)9-14(8-12)16(5,6)10-17/h7-11,18H,1-6H3. The summed E-state index contributed by atoms with van der Waals surface area (Å²) in [6.07, 6.45) is 0.439. The van der Waals surface area contributed by atoms with Gasteiger partial charge in [0.25, 0.3) is 0 Å². The summed E-state index contributed by atoms with van der Waals surface area (Å²) in [6, 6.07) is 6.02. The summed E-state index contributed by atoms with van der Waals surface area (Å²) in [5.41, 5.74) is 2.45. The predicted octanol–water partition coefficient (Wildman–Crippen LogP) is 3.51. The number of hydrogen-bond donors (Lipinski definition) is 1. The highest BCUT2D eigenvalue weighted by atomic mass is 16.3. The summed E-state index contributed by atoms with van der Waals surface area (Å²) in [5.74, 6) is 0. The summed E-state index contributed by atoms with van der Waals surface area (Å²) < 4.78 is 0. The minimum atomic E-state index is -0.523. The molecule has 1 atom stereocenters. The van der Waals surface area contributed by atoms with Crippen LogP contribution >= 0.6 is 0 Å². The smallest absolute Gasteiger partial charge is 0.129 e. The van der Waals surface area contributed by atoms with Gasteiger partial charge in [-0.2, -0.15) is 0 Å². The van der Waals surface area contributed by atoms with E-state index < -0.39 is 11.5 Å². The second-order valence-corrected chi connectivity index (χ2v) is 6.61. The third-order valence-electron chi connectivity index (χ3n) is 3.34. The lowest BCUT2D eigenvalue weighted by Crippen LogP contribution is -2.21. The van der Waals surface area contributed by atoms with Gasteiger partial charge >= 0.3 is 0 Å². The lowest BCUT2D eigenvalue weighted by Gasteiger charge is -2.26. The topological polar surface area (TPSA) is 37.3 Å². The summed E-state index contributed by atoms with van der Waals surface area (Å²) in [4.78, 5) is 11.2. The predicted molar refractivity (Wildman–Crippen MR) is 74.9 cm³/mol. The van der Waals surface area contributed by atoms with E-state index in [-0.39, 0.29) is 5.41 Å². The molecule has 0 aliphatic rings. The van der Waals surface area contributed by atoms with Gasteiger partial charge in [-0.15, -0.1) is 0 Å². The summed E-state index contributed by atoms with van der Waals surface area (Å²) >= 11 is 0. The zero-order chi connectivity index (χ0) is 14.1. The third kappa shape index (κ3) is 3.20. The van der Waals surface area contributed by atoms with Crippen LogP contribution in [0.5, 0.6) is 0 Å². The Morgan fingerprint density at radius 1 is 1.06 bits per heavy atom. The molecule has 0 radical (unpaired) electrons. The first kappa shape index (κ1) is 14.9. The molecule has 0 aliphatic carbocycles. The first-order chi connectivity index (χ1) is 8.08. The second-order valence-electron chi connectivity index (χ2n) is 6.61.